The summed E-state index contributed by atoms with van der Waals surface area (Å²) >= 11 is 0. The second-order valence-corrected chi connectivity index (χ2v) is 5.42. The molecule has 0 aliphatic heterocycles. The summed E-state index contributed by atoms with van der Waals surface area (Å²) in [7, 11) is 0. The minimum absolute atomic E-state index is 0.0738. The van der Waals surface area contributed by atoms with Crippen molar-refractivity contribution in [3.8, 4) is 0 Å². The number of rotatable bonds is 6. The third-order valence-corrected chi connectivity index (χ3v) is 3.48. The van der Waals surface area contributed by atoms with Crippen LogP contribution in [0, 0.1) is 13.8 Å². The van der Waals surface area contributed by atoms with Crippen molar-refractivity contribution in [3.63, 3.8) is 0 Å². The molecule has 0 spiro atoms. The van der Waals surface area contributed by atoms with E-state index < -0.39 is 0 Å². The quantitative estimate of drug-likeness (QED) is 0.633. The molecule has 1 aromatic heterocycles. The van der Waals surface area contributed by atoms with Gasteiger partial charge in [0.25, 0.3) is 0 Å². The van der Waals surface area contributed by atoms with Gasteiger partial charge in [-0.25, -0.2) is 5.43 Å². The summed E-state index contributed by atoms with van der Waals surface area (Å²) in [6.07, 6.45) is 4.98. The zero-order chi connectivity index (χ0) is 17.4. The molecule has 2 N–H and O–H groups in total. The fourth-order valence-electron chi connectivity index (χ4n) is 1.95. The number of anilines is 1. The smallest absolute Gasteiger partial charge is 0.240 e. The van der Waals surface area contributed by atoms with E-state index in [1.165, 1.54) is 11.8 Å². The average molecular weight is 324 g/mol. The minimum Gasteiger partial charge on any atom is -0.326 e. The van der Waals surface area contributed by atoms with Crippen LogP contribution in [-0.2, 0) is 9.59 Å². The minimum atomic E-state index is -0.310. The van der Waals surface area contributed by atoms with E-state index in [1.54, 1.807) is 24.5 Å². The van der Waals surface area contributed by atoms with Gasteiger partial charge in [-0.1, -0.05) is 6.07 Å². The molecule has 6 nitrogen and oxygen atoms in total. The maximum absolute atomic E-state index is 11.9. The van der Waals surface area contributed by atoms with Gasteiger partial charge in [-0.15, -0.1) is 0 Å². The predicted molar refractivity (Wildman–Crippen MR) is 93.8 cm³/mol. The maximum Gasteiger partial charge on any atom is 0.240 e. The number of carbonyl (C=O) groups excluding carboxylic acids is 2. The summed E-state index contributed by atoms with van der Waals surface area (Å²) in [6, 6.07) is 9.25. The number of hydrogen-bond acceptors (Lipinski definition) is 4. The molecule has 0 saturated carbocycles. The number of pyridine rings is 1. The number of nitrogens with one attached hydrogen (secondary N) is 2. The molecule has 0 saturated heterocycles. The summed E-state index contributed by atoms with van der Waals surface area (Å²) in [5.41, 5.74) is 6.24. The van der Waals surface area contributed by atoms with Crippen molar-refractivity contribution < 1.29 is 9.59 Å². The Morgan fingerprint density at radius 1 is 1.04 bits per heavy atom. The van der Waals surface area contributed by atoms with Crippen LogP contribution in [0.5, 0.6) is 0 Å². The number of hydrazone groups is 1. The van der Waals surface area contributed by atoms with Crippen LogP contribution < -0.4 is 10.7 Å². The molecule has 0 aliphatic carbocycles. The van der Waals surface area contributed by atoms with Gasteiger partial charge < -0.3 is 5.32 Å². The zero-order valence-electron chi connectivity index (χ0n) is 13.7. The lowest BCUT2D eigenvalue weighted by Crippen LogP contribution is -2.20. The summed E-state index contributed by atoms with van der Waals surface area (Å²) < 4.78 is 0. The van der Waals surface area contributed by atoms with Gasteiger partial charge in [0.2, 0.25) is 11.8 Å². The van der Waals surface area contributed by atoms with Gasteiger partial charge >= 0.3 is 0 Å². The van der Waals surface area contributed by atoms with E-state index >= 15 is 0 Å². The molecule has 2 rings (SSSR count). The van der Waals surface area contributed by atoms with Crippen LogP contribution >= 0.6 is 0 Å². The second-order valence-electron chi connectivity index (χ2n) is 5.42. The number of benzene rings is 1. The Labute approximate surface area is 141 Å². The van der Waals surface area contributed by atoms with Crippen LogP contribution in [0.25, 0.3) is 0 Å². The van der Waals surface area contributed by atoms with Gasteiger partial charge in [0.15, 0.2) is 0 Å². The van der Waals surface area contributed by atoms with E-state index in [0.29, 0.717) is 0 Å². The summed E-state index contributed by atoms with van der Waals surface area (Å²) in [4.78, 5) is 27.4. The highest BCUT2D eigenvalue weighted by Gasteiger charge is 2.07. The van der Waals surface area contributed by atoms with Crippen LogP contribution in [0.4, 0.5) is 5.69 Å². The molecular formula is C18H20N4O2. The zero-order valence-corrected chi connectivity index (χ0v) is 13.7. The summed E-state index contributed by atoms with van der Waals surface area (Å²) in [6.45, 7) is 4.00. The van der Waals surface area contributed by atoms with Gasteiger partial charge in [0.1, 0.15) is 0 Å². The van der Waals surface area contributed by atoms with Crippen LogP contribution in [0.2, 0.25) is 0 Å². The highest BCUT2D eigenvalue weighted by atomic mass is 16.2. The molecule has 0 bridgehead atoms. The van der Waals surface area contributed by atoms with E-state index in [0.717, 1.165) is 16.8 Å². The normalized spacial score (nSPS) is 10.6. The lowest BCUT2D eigenvalue weighted by atomic mass is 10.1. The van der Waals surface area contributed by atoms with Crippen molar-refractivity contribution in [2.75, 3.05) is 5.32 Å². The summed E-state index contributed by atoms with van der Waals surface area (Å²) in [5, 5.41) is 6.62. The van der Waals surface area contributed by atoms with Crippen molar-refractivity contribution in [1.29, 1.82) is 0 Å². The Morgan fingerprint density at radius 2 is 1.75 bits per heavy atom. The topological polar surface area (TPSA) is 83.5 Å². The van der Waals surface area contributed by atoms with E-state index in [1.807, 2.05) is 32.0 Å². The van der Waals surface area contributed by atoms with Crippen molar-refractivity contribution in [2.45, 2.75) is 26.7 Å². The second kappa shape index (κ2) is 8.57. The maximum atomic E-state index is 11.9. The highest BCUT2D eigenvalue weighted by Crippen LogP contribution is 2.14. The molecule has 0 aliphatic rings. The largest absolute Gasteiger partial charge is 0.326 e. The van der Waals surface area contributed by atoms with Crippen molar-refractivity contribution in [2.24, 2.45) is 5.10 Å². The molecule has 0 atom stereocenters. The van der Waals surface area contributed by atoms with Crippen molar-refractivity contribution >= 4 is 23.7 Å². The molecule has 2 amide bonds. The Balaban J connectivity index is 1.73. The van der Waals surface area contributed by atoms with Gasteiger partial charge in [-0.3, -0.25) is 14.6 Å². The first kappa shape index (κ1) is 17.3. The average Bonchev–Trinajstić information content (AvgIpc) is 2.57. The number of aryl methyl sites for hydroxylation is 2. The molecule has 1 aromatic carbocycles. The number of nitrogens with zero attached hydrogens (tertiary/aromatic N) is 2. The van der Waals surface area contributed by atoms with Crippen LogP contribution in [-0.4, -0.2) is 23.0 Å². The first-order valence-corrected chi connectivity index (χ1v) is 7.63. The van der Waals surface area contributed by atoms with Gasteiger partial charge in [-0.05, 0) is 54.8 Å². The van der Waals surface area contributed by atoms with Gasteiger partial charge in [-0.2, -0.15) is 5.10 Å². The molecule has 0 fully saturated rings. The molecule has 24 heavy (non-hydrogen) atoms. The predicted octanol–water partition coefficient (Wildman–Crippen LogP) is 2.57. The molecule has 6 heteroatoms. The third kappa shape index (κ3) is 5.64. The lowest BCUT2D eigenvalue weighted by Gasteiger charge is -2.07. The van der Waals surface area contributed by atoms with E-state index in [9.17, 15) is 9.59 Å². The van der Waals surface area contributed by atoms with Gasteiger partial charge in [0.05, 0.1) is 6.21 Å². The molecule has 2 aromatic rings. The molecule has 124 valence electrons. The van der Waals surface area contributed by atoms with Crippen LogP contribution in [0.1, 0.15) is 29.5 Å². The standard InChI is InChI=1S/C18H20N4O2/c1-13-3-4-16(11-14(13)2)21-17(23)5-6-18(24)22-20-12-15-7-9-19-10-8-15/h3-4,7-12H,5-6H2,1-2H3,(H,21,23)(H,22,24). The first-order valence-electron chi connectivity index (χ1n) is 7.63. The number of hydrogen-bond donors (Lipinski definition) is 2. The van der Waals surface area contributed by atoms with Gasteiger partial charge in [0, 0.05) is 30.9 Å². The third-order valence-electron chi connectivity index (χ3n) is 3.48. The van der Waals surface area contributed by atoms with E-state index in [2.05, 4.69) is 20.8 Å². The Morgan fingerprint density at radius 3 is 2.46 bits per heavy atom. The first-order chi connectivity index (χ1) is 11.5. The number of carbonyl (C=O) groups is 2. The monoisotopic (exact) mass is 324 g/mol. The van der Waals surface area contributed by atoms with E-state index in [4.69, 9.17) is 0 Å². The molecular weight excluding hydrogens is 304 g/mol. The SMILES string of the molecule is Cc1ccc(NC(=O)CCC(=O)NN=Cc2ccncc2)cc1C. The highest BCUT2D eigenvalue weighted by molar-refractivity contribution is 5.93. The molecule has 0 radical (unpaired) electrons. The fraction of sp³-hybridized carbons (Fsp3) is 0.222. The number of amides is 2. The van der Waals surface area contributed by atoms with Crippen LogP contribution in [0.15, 0.2) is 47.8 Å². The van der Waals surface area contributed by atoms with Crippen LogP contribution in [0.3, 0.4) is 0 Å². The van der Waals surface area contributed by atoms with Crippen molar-refractivity contribution in [1.82, 2.24) is 10.4 Å². The van der Waals surface area contributed by atoms with E-state index in [-0.39, 0.29) is 24.7 Å². The molecule has 0 unspecified atom stereocenters. The Kier molecular flexibility index (Phi) is 6.19. The lowest BCUT2D eigenvalue weighted by molar-refractivity contribution is -0.124. The summed E-state index contributed by atoms with van der Waals surface area (Å²) in [5.74, 6) is -0.512. The molecule has 1 heterocycles. The van der Waals surface area contributed by atoms with Crippen molar-refractivity contribution in [3.05, 3.63) is 59.4 Å². The Bertz CT molecular complexity index is 742. The fourth-order valence-corrected chi connectivity index (χ4v) is 1.95. The Hall–Kier alpha value is -3.02. The number of aromatic nitrogens is 1.